The number of anilines is 1. The lowest BCUT2D eigenvalue weighted by Gasteiger charge is -2.16. The van der Waals surface area contributed by atoms with Gasteiger partial charge in [-0.3, -0.25) is 4.90 Å². The number of hydrogen-bond donors (Lipinski definition) is 1. The summed E-state index contributed by atoms with van der Waals surface area (Å²) in [7, 11) is 2.07. The molecule has 1 aromatic carbocycles. The third-order valence-electron chi connectivity index (χ3n) is 2.46. The fourth-order valence-electron chi connectivity index (χ4n) is 1.65. The van der Waals surface area contributed by atoms with E-state index in [1.54, 1.807) is 11.3 Å². The number of nitrogens with zero attached hydrogens (tertiary/aromatic N) is 2. The molecule has 0 radical (unpaired) electrons. The number of nitrogens with two attached hydrogens (primary N) is 1. The van der Waals surface area contributed by atoms with Crippen molar-refractivity contribution in [3.8, 4) is 0 Å². The molecule has 2 N–H and O–H groups in total. The third-order valence-corrected chi connectivity index (χ3v) is 3.59. The van der Waals surface area contributed by atoms with E-state index in [9.17, 15) is 0 Å². The molecule has 0 fully saturated rings. The highest BCUT2D eigenvalue weighted by Crippen LogP contribution is 2.20. The Kier molecular flexibility index (Phi) is 4.15. The van der Waals surface area contributed by atoms with Gasteiger partial charge in [0.05, 0.1) is 11.2 Å². The van der Waals surface area contributed by atoms with Gasteiger partial charge >= 0.3 is 0 Å². The SMILES string of the molecule is CN(Cc1cscn1)Cc1ccc(Br)cc1N. The molecule has 5 heteroatoms. The van der Waals surface area contributed by atoms with Gasteiger partial charge in [0.1, 0.15) is 0 Å². The number of halogens is 1. The fourth-order valence-corrected chi connectivity index (χ4v) is 2.58. The van der Waals surface area contributed by atoms with Gasteiger partial charge in [0.25, 0.3) is 0 Å². The van der Waals surface area contributed by atoms with Gasteiger partial charge in [0.15, 0.2) is 0 Å². The Morgan fingerprint density at radius 2 is 2.24 bits per heavy atom. The maximum Gasteiger partial charge on any atom is 0.0795 e. The van der Waals surface area contributed by atoms with Crippen LogP contribution in [0, 0.1) is 0 Å². The highest BCUT2D eigenvalue weighted by molar-refractivity contribution is 9.10. The van der Waals surface area contributed by atoms with Crippen LogP contribution in [0.25, 0.3) is 0 Å². The van der Waals surface area contributed by atoms with Crippen LogP contribution in [0.3, 0.4) is 0 Å². The molecule has 90 valence electrons. The van der Waals surface area contributed by atoms with Gasteiger partial charge < -0.3 is 5.73 Å². The van der Waals surface area contributed by atoms with Crippen LogP contribution in [0.5, 0.6) is 0 Å². The van der Waals surface area contributed by atoms with Crippen molar-refractivity contribution in [1.29, 1.82) is 0 Å². The molecule has 3 nitrogen and oxygen atoms in total. The Bertz CT molecular complexity index is 485. The lowest BCUT2D eigenvalue weighted by Crippen LogP contribution is -2.18. The maximum atomic E-state index is 5.97. The van der Waals surface area contributed by atoms with Crippen molar-refractivity contribution < 1.29 is 0 Å². The minimum Gasteiger partial charge on any atom is -0.398 e. The topological polar surface area (TPSA) is 42.2 Å². The van der Waals surface area contributed by atoms with Crippen molar-refractivity contribution in [3.05, 3.63) is 44.8 Å². The minimum atomic E-state index is 0.824. The first-order valence-corrected chi connectivity index (χ1v) is 6.98. The van der Waals surface area contributed by atoms with Crippen LogP contribution in [0.4, 0.5) is 5.69 Å². The standard InChI is InChI=1S/C12H14BrN3S/c1-16(6-11-7-17-8-15-11)5-9-2-3-10(13)4-12(9)14/h2-4,7-8H,5-6,14H2,1H3. The number of aromatic nitrogens is 1. The summed E-state index contributed by atoms with van der Waals surface area (Å²) in [6.45, 7) is 1.68. The molecule has 0 saturated carbocycles. The minimum absolute atomic E-state index is 0.824. The zero-order valence-corrected chi connectivity index (χ0v) is 12.0. The quantitative estimate of drug-likeness (QED) is 0.882. The fraction of sp³-hybridized carbons (Fsp3) is 0.250. The Morgan fingerprint density at radius 1 is 1.41 bits per heavy atom. The van der Waals surface area contributed by atoms with Crippen LogP contribution in [0.1, 0.15) is 11.3 Å². The van der Waals surface area contributed by atoms with Crippen molar-refractivity contribution in [1.82, 2.24) is 9.88 Å². The molecule has 2 rings (SSSR count). The second kappa shape index (κ2) is 5.62. The van der Waals surface area contributed by atoms with Gasteiger partial charge in [-0.15, -0.1) is 11.3 Å². The van der Waals surface area contributed by atoms with E-state index in [1.165, 1.54) is 0 Å². The molecule has 17 heavy (non-hydrogen) atoms. The Labute approximate surface area is 113 Å². The Hall–Kier alpha value is -0.910. The summed E-state index contributed by atoms with van der Waals surface area (Å²) in [5.41, 5.74) is 10.9. The molecule has 0 amide bonds. The molecule has 0 atom stereocenters. The normalized spacial score (nSPS) is 11.0. The molecule has 0 unspecified atom stereocenters. The van der Waals surface area contributed by atoms with Crippen molar-refractivity contribution in [2.75, 3.05) is 12.8 Å². The van der Waals surface area contributed by atoms with E-state index in [1.807, 2.05) is 17.6 Å². The highest BCUT2D eigenvalue weighted by atomic mass is 79.9. The maximum absolute atomic E-state index is 5.97. The summed E-state index contributed by atoms with van der Waals surface area (Å²) in [4.78, 5) is 6.48. The van der Waals surface area contributed by atoms with Gasteiger partial charge in [-0.05, 0) is 24.7 Å². The van der Waals surface area contributed by atoms with Gasteiger partial charge in [-0.2, -0.15) is 0 Å². The van der Waals surface area contributed by atoms with Crippen LogP contribution in [0.15, 0.2) is 33.6 Å². The first kappa shape index (κ1) is 12.5. The molecular weight excluding hydrogens is 298 g/mol. The average Bonchev–Trinajstić information content (AvgIpc) is 2.75. The zero-order chi connectivity index (χ0) is 12.3. The molecule has 2 aromatic rings. The molecule has 1 heterocycles. The summed E-state index contributed by atoms with van der Waals surface area (Å²) in [5, 5.41) is 2.07. The van der Waals surface area contributed by atoms with Crippen molar-refractivity contribution in [2.45, 2.75) is 13.1 Å². The molecule has 0 saturated heterocycles. The molecule has 0 spiro atoms. The van der Waals surface area contributed by atoms with Crippen LogP contribution < -0.4 is 5.73 Å². The van der Waals surface area contributed by atoms with E-state index in [0.29, 0.717) is 0 Å². The van der Waals surface area contributed by atoms with Crippen molar-refractivity contribution in [2.24, 2.45) is 0 Å². The second-order valence-corrected chi connectivity index (χ2v) is 5.63. The first-order valence-electron chi connectivity index (χ1n) is 5.24. The van der Waals surface area contributed by atoms with Crippen LogP contribution in [-0.2, 0) is 13.1 Å². The molecule has 0 bridgehead atoms. The number of rotatable bonds is 4. The van der Waals surface area contributed by atoms with Gasteiger partial charge in [0, 0.05) is 28.6 Å². The first-order chi connectivity index (χ1) is 8.15. The Balaban J connectivity index is 2.00. The number of hydrogen-bond acceptors (Lipinski definition) is 4. The summed E-state index contributed by atoms with van der Waals surface area (Å²) < 4.78 is 1.01. The highest BCUT2D eigenvalue weighted by Gasteiger charge is 2.06. The molecule has 0 aliphatic heterocycles. The van der Waals surface area contributed by atoms with E-state index in [2.05, 4.69) is 44.3 Å². The predicted molar refractivity (Wildman–Crippen MR) is 75.8 cm³/mol. The van der Waals surface area contributed by atoms with Crippen molar-refractivity contribution >= 4 is 33.0 Å². The smallest absolute Gasteiger partial charge is 0.0795 e. The number of thiazole rings is 1. The third kappa shape index (κ3) is 3.52. The second-order valence-electron chi connectivity index (χ2n) is 4.00. The van der Waals surface area contributed by atoms with Crippen molar-refractivity contribution in [3.63, 3.8) is 0 Å². The number of nitrogen functional groups attached to an aromatic ring is 1. The predicted octanol–water partition coefficient (Wildman–Crippen LogP) is 3.12. The summed E-state index contributed by atoms with van der Waals surface area (Å²) >= 11 is 5.03. The Morgan fingerprint density at radius 3 is 2.88 bits per heavy atom. The summed E-state index contributed by atoms with van der Waals surface area (Å²) in [5.74, 6) is 0. The molecule has 1 aromatic heterocycles. The summed E-state index contributed by atoms with van der Waals surface area (Å²) in [6, 6.07) is 6.01. The van der Waals surface area contributed by atoms with E-state index in [4.69, 9.17) is 5.73 Å². The largest absolute Gasteiger partial charge is 0.398 e. The molecular formula is C12H14BrN3S. The van der Waals surface area contributed by atoms with Crippen LogP contribution >= 0.6 is 27.3 Å². The van der Waals surface area contributed by atoms with Gasteiger partial charge in [0.2, 0.25) is 0 Å². The van der Waals surface area contributed by atoms with Gasteiger partial charge in [-0.1, -0.05) is 22.0 Å². The lowest BCUT2D eigenvalue weighted by atomic mass is 10.1. The summed E-state index contributed by atoms with van der Waals surface area (Å²) in [6.07, 6.45) is 0. The monoisotopic (exact) mass is 311 g/mol. The van der Waals surface area contributed by atoms with E-state index in [0.717, 1.165) is 34.5 Å². The van der Waals surface area contributed by atoms with E-state index >= 15 is 0 Å². The molecule has 0 aliphatic rings. The lowest BCUT2D eigenvalue weighted by molar-refractivity contribution is 0.316. The van der Waals surface area contributed by atoms with E-state index < -0.39 is 0 Å². The van der Waals surface area contributed by atoms with Gasteiger partial charge in [-0.25, -0.2) is 4.98 Å². The number of benzene rings is 1. The zero-order valence-electron chi connectivity index (χ0n) is 9.56. The molecule has 0 aliphatic carbocycles. The van der Waals surface area contributed by atoms with Crippen LogP contribution in [0.2, 0.25) is 0 Å². The van der Waals surface area contributed by atoms with E-state index in [-0.39, 0.29) is 0 Å². The van der Waals surface area contributed by atoms with Crippen LogP contribution in [-0.4, -0.2) is 16.9 Å². The average molecular weight is 312 g/mol.